The Morgan fingerprint density at radius 3 is 2.94 bits per heavy atom. The molecule has 1 amide bonds. The fraction of sp³-hybridized carbons (Fsp3) is 0.167. The summed E-state index contributed by atoms with van der Waals surface area (Å²) in [6.45, 7) is 1.82. The van der Waals surface area contributed by atoms with Gasteiger partial charge < -0.3 is 5.32 Å². The zero-order valence-corrected chi connectivity index (χ0v) is 11.5. The van der Waals surface area contributed by atoms with Crippen molar-refractivity contribution in [1.29, 1.82) is 0 Å². The van der Waals surface area contributed by atoms with Gasteiger partial charge in [-0.3, -0.25) is 9.48 Å². The highest BCUT2D eigenvalue weighted by molar-refractivity contribution is 14.1. The van der Waals surface area contributed by atoms with Gasteiger partial charge in [-0.2, -0.15) is 5.10 Å². The van der Waals surface area contributed by atoms with E-state index < -0.39 is 0 Å². The molecule has 2 rings (SSSR count). The number of carbonyl (C=O) groups excluding carboxylic acids is 1. The smallest absolute Gasteiger partial charge is 0.248 e. The lowest BCUT2D eigenvalue weighted by Crippen LogP contribution is -2.23. The van der Waals surface area contributed by atoms with Crippen molar-refractivity contribution in [2.24, 2.45) is 0 Å². The van der Waals surface area contributed by atoms with Gasteiger partial charge in [0, 0.05) is 21.7 Å². The second-order valence-electron chi connectivity index (χ2n) is 3.66. The Hall–Kier alpha value is -1.37. The van der Waals surface area contributed by atoms with Gasteiger partial charge in [0.2, 0.25) is 5.91 Å². The third-order valence-electron chi connectivity index (χ3n) is 2.39. The van der Waals surface area contributed by atoms with Crippen LogP contribution < -0.4 is 5.32 Å². The van der Waals surface area contributed by atoms with E-state index in [0.29, 0.717) is 0 Å². The Balaban J connectivity index is 2.07. The minimum Gasteiger partial charge on any atom is -0.324 e. The lowest BCUT2D eigenvalue weighted by atomic mass is 10.3. The van der Waals surface area contributed by atoms with Crippen LogP contribution in [-0.4, -0.2) is 15.7 Å². The quantitative estimate of drug-likeness (QED) is 0.873. The first kappa shape index (κ1) is 12.1. The van der Waals surface area contributed by atoms with Crippen LogP contribution in [0, 0.1) is 3.57 Å². The molecule has 0 bridgehead atoms. The molecule has 0 fully saturated rings. The number of aromatic nitrogens is 2. The zero-order chi connectivity index (χ0) is 12.3. The SMILES string of the molecule is C[C@H](C(=O)Nc1cccc(I)c1)n1cccn1. The van der Waals surface area contributed by atoms with Crippen LogP contribution in [0.1, 0.15) is 13.0 Å². The van der Waals surface area contributed by atoms with E-state index in [2.05, 4.69) is 33.0 Å². The fourth-order valence-electron chi connectivity index (χ4n) is 1.44. The summed E-state index contributed by atoms with van der Waals surface area (Å²) in [7, 11) is 0. The summed E-state index contributed by atoms with van der Waals surface area (Å²) < 4.78 is 2.72. The van der Waals surface area contributed by atoms with Crippen LogP contribution in [0.4, 0.5) is 5.69 Å². The molecule has 5 heteroatoms. The first-order valence-corrected chi connectivity index (χ1v) is 6.30. The van der Waals surface area contributed by atoms with Crippen LogP contribution in [0.15, 0.2) is 42.7 Å². The summed E-state index contributed by atoms with van der Waals surface area (Å²) in [5.74, 6) is -0.0734. The predicted molar refractivity (Wildman–Crippen MR) is 74.7 cm³/mol. The highest BCUT2D eigenvalue weighted by Crippen LogP contribution is 2.14. The van der Waals surface area contributed by atoms with Crippen molar-refractivity contribution in [3.8, 4) is 0 Å². The maximum atomic E-state index is 11.9. The molecule has 1 N–H and O–H groups in total. The van der Waals surface area contributed by atoms with E-state index in [4.69, 9.17) is 0 Å². The topological polar surface area (TPSA) is 46.9 Å². The van der Waals surface area contributed by atoms with Crippen LogP contribution in [-0.2, 0) is 4.79 Å². The van der Waals surface area contributed by atoms with Crippen molar-refractivity contribution in [3.05, 3.63) is 46.3 Å². The van der Waals surface area contributed by atoms with Gasteiger partial charge in [-0.15, -0.1) is 0 Å². The summed E-state index contributed by atoms with van der Waals surface area (Å²) in [5.41, 5.74) is 0.806. The lowest BCUT2D eigenvalue weighted by molar-refractivity contribution is -0.119. The molecule has 0 aliphatic heterocycles. The van der Waals surface area contributed by atoms with Crippen LogP contribution in [0.2, 0.25) is 0 Å². The molecular weight excluding hydrogens is 329 g/mol. The van der Waals surface area contributed by atoms with E-state index in [1.54, 1.807) is 23.1 Å². The van der Waals surface area contributed by atoms with Crippen LogP contribution >= 0.6 is 22.6 Å². The summed E-state index contributed by atoms with van der Waals surface area (Å²) >= 11 is 2.21. The number of hydrogen-bond donors (Lipinski definition) is 1. The van der Waals surface area contributed by atoms with Crippen molar-refractivity contribution in [2.45, 2.75) is 13.0 Å². The number of carbonyl (C=O) groups is 1. The second-order valence-corrected chi connectivity index (χ2v) is 4.91. The van der Waals surface area contributed by atoms with Gasteiger partial charge in [0.15, 0.2) is 0 Å². The average Bonchev–Trinajstić information content (AvgIpc) is 2.81. The Morgan fingerprint density at radius 2 is 2.29 bits per heavy atom. The van der Waals surface area contributed by atoms with E-state index >= 15 is 0 Å². The highest BCUT2D eigenvalue weighted by atomic mass is 127. The van der Waals surface area contributed by atoms with Crippen LogP contribution in [0.25, 0.3) is 0 Å². The Bertz CT molecular complexity index is 510. The first-order chi connectivity index (χ1) is 8.16. The number of anilines is 1. The van der Waals surface area contributed by atoms with Gasteiger partial charge in [-0.05, 0) is 53.8 Å². The number of benzene rings is 1. The van der Waals surface area contributed by atoms with E-state index in [-0.39, 0.29) is 11.9 Å². The van der Waals surface area contributed by atoms with Gasteiger partial charge in [0.05, 0.1) is 0 Å². The van der Waals surface area contributed by atoms with Gasteiger partial charge >= 0.3 is 0 Å². The Labute approximate surface area is 113 Å². The minimum absolute atomic E-state index is 0.0734. The number of nitrogens with zero attached hydrogens (tertiary/aromatic N) is 2. The largest absolute Gasteiger partial charge is 0.324 e. The monoisotopic (exact) mass is 341 g/mol. The van der Waals surface area contributed by atoms with Gasteiger partial charge in [0.25, 0.3) is 0 Å². The number of amides is 1. The molecule has 1 atom stereocenters. The number of nitrogens with one attached hydrogen (secondary N) is 1. The summed E-state index contributed by atoms with van der Waals surface area (Å²) in [6, 6.07) is 9.17. The molecule has 0 aliphatic rings. The second kappa shape index (κ2) is 5.31. The standard InChI is InChI=1S/C12H12IN3O/c1-9(16-7-3-6-14-16)12(17)15-11-5-2-4-10(13)8-11/h2-9H,1H3,(H,15,17)/t9-/m1/s1. The molecule has 88 valence electrons. The molecule has 0 saturated carbocycles. The summed E-state index contributed by atoms with van der Waals surface area (Å²) in [6.07, 6.45) is 3.44. The molecular formula is C12H12IN3O. The van der Waals surface area contributed by atoms with Gasteiger partial charge in [0.1, 0.15) is 6.04 Å². The summed E-state index contributed by atoms with van der Waals surface area (Å²) in [4.78, 5) is 11.9. The Kier molecular flexibility index (Phi) is 3.78. The molecule has 4 nitrogen and oxygen atoms in total. The number of halogens is 1. The molecule has 1 aromatic heterocycles. The molecule has 0 radical (unpaired) electrons. The van der Waals surface area contributed by atoms with Crippen molar-refractivity contribution in [2.75, 3.05) is 5.32 Å². The highest BCUT2D eigenvalue weighted by Gasteiger charge is 2.14. The predicted octanol–water partition coefficient (Wildman–Crippen LogP) is 2.69. The van der Waals surface area contributed by atoms with Crippen molar-refractivity contribution in [3.63, 3.8) is 0 Å². The van der Waals surface area contributed by atoms with E-state index in [1.165, 1.54) is 0 Å². The van der Waals surface area contributed by atoms with E-state index in [9.17, 15) is 4.79 Å². The maximum absolute atomic E-state index is 11.9. The normalized spacial score (nSPS) is 12.1. The van der Waals surface area contributed by atoms with Crippen LogP contribution in [0.3, 0.4) is 0 Å². The molecule has 1 heterocycles. The van der Waals surface area contributed by atoms with Crippen molar-refractivity contribution < 1.29 is 4.79 Å². The van der Waals surface area contributed by atoms with E-state index in [1.807, 2.05) is 31.2 Å². The zero-order valence-electron chi connectivity index (χ0n) is 9.30. The van der Waals surface area contributed by atoms with Crippen LogP contribution in [0.5, 0.6) is 0 Å². The number of hydrogen-bond acceptors (Lipinski definition) is 2. The maximum Gasteiger partial charge on any atom is 0.248 e. The fourth-order valence-corrected chi connectivity index (χ4v) is 1.99. The molecule has 2 aromatic rings. The molecule has 0 saturated heterocycles. The third-order valence-corrected chi connectivity index (χ3v) is 3.06. The third kappa shape index (κ3) is 3.06. The van der Waals surface area contributed by atoms with Gasteiger partial charge in [-0.1, -0.05) is 6.07 Å². The molecule has 17 heavy (non-hydrogen) atoms. The average molecular weight is 341 g/mol. The Morgan fingerprint density at radius 1 is 1.47 bits per heavy atom. The lowest BCUT2D eigenvalue weighted by Gasteiger charge is -2.12. The molecule has 0 unspecified atom stereocenters. The molecule has 0 aliphatic carbocycles. The number of rotatable bonds is 3. The van der Waals surface area contributed by atoms with Crippen molar-refractivity contribution in [1.82, 2.24) is 9.78 Å². The van der Waals surface area contributed by atoms with E-state index in [0.717, 1.165) is 9.26 Å². The summed E-state index contributed by atoms with van der Waals surface area (Å²) in [5, 5.41) is 6.92. The van der Waals surface area contributed by atoms with Crippen molar-refractivity contribution >= 4 is 34.2 Å². The molecule has 0 spiro atoms. The molecule has 1 aromatic carbocycles. The van der Waals surface area contributed by atoms with Gasteiger partial charge in [-0.25, -0.2) is 0 Å². The first-order valence-electron chi connectivity index (χ1n) is 5.22. The minimum atomic E-state index is -0.317.